The Morgan fingerprint density at radius 1 is 1.00 bits per heavy atom. The Morgan fingerprint density at radius 2 is 1.83 bits per heavy atom. The lowest BCUT2D eigenvalue weighted by Crippen LogP contribution is -2.49. The average molecular weight is 253 g/mol. The molecule has 0 radical (unpaired) electrons. The van der Waals surface area contributed by atoms with Gasteiger partial charge in [-0.15, -0.1) is 0 Å². The third-order valence-electron chi connectivity index (χ3n) is 5.00. The lowest BCUT2D eigenvalue weighted by molar-refractivity contribution is -0.0903. The maximum atomic E-state index is 6.00. The van der Waals surface area contributed by atoms with Crippen molar-refractivity contribution in [3.8, 4) is 0 Å². The minimum Gasteiger partial charge on any atom is -0.378 e. The van der Waals surface area contributed by atoms with Crippen LogP contribution in [0.2, 0.25) is 0 Å². The van der Waals surface area contributed by atoms with Gasteiger partial charge in [-0.05, 0) is 37.5 Å². The SMILES string of the molecule is CC1(C)CCC(NC2CCOC3(CCOC3)C2)C1. The van der Waals surface area contributed by atoms with E-state index >= 15 is 0 Å². The average Bonchev–Trinajstić information content (AvgIpc) is 2.87. The van der Waals surface area contributed by atoms with Crippen LogP contribution in [0.3, 0.4) is 0 Å². The van der Waals surface area contributed by atoms with Gasteiger partial charge >= 0.3 is 0 Å². The summed E-state index contributed by atoms with van der Waals surface area (Å²) in [5.41, 5.74) is 0.584. The highest BCUT2D eigenvalue weighted by atomic mass is 16.6. The number of nitrogens with one attached hydrogen (secondary N) is 1. The fourth-order valence-corrected chi connectivity index (χ4v) is 3.95. The molecule has 0 bridgehead atoms. The predicted molar refractivity (Wildman–Crippen MR) is 71.7 cm³/mol. The molecule has 3 atom stereocenters. The van der Waals surface area contributed by atoms with Gasteiger partial charge in [0, 0.05) is 31.7 Å². The molecular formula is C15H27NO2. The Kier molecular flexibility index (Phi) is 3.41. The van der Waals surface area contributed by atoms with Crippen LogP contribution in [0.1, 0.15) is 52.4 Å². The van der Waals surface area contributed by atoms with Crippen molar-refractivity contribution in [1.29, 1.82) is 0 Å². The first-order valence-electron chi connectivity index (χ1n) is 7.55. The minimum absolute atomic E-state index is 0.0457. The molecule has 3 nitrogen and oxygen atoms in total. The summed E-state index contributed by atoms with van der Waals surface area (Å²) in [5.74, 6) is 0. The van der Waals surface area contributed by atoms with Crippen LogP contribution in [0.15, 0.2) is 0 Å². The molecule has 3 rings (SSSR count). The molecule has 3 fully saturated rings. The lowest BCUT2D eigenvalue weighted by atomic mass is 9.88. The second kappa shape index (κ2) is 4.77. The Morgan fingerprint density at radius 3 is 2.50 bits per heavy atom. The van der Waals surface area contributed by atoms with Gasteiger partial charge < -0.3 is 14.8 Å². The summed E-state index contributed by atoms with van der Waals surface area (Å²) in [5, 5.41) is 3.89. The van der Waals surface area contributed by atoms with Gasteiger partial charge in [0.15, 0.2) is 0 Å². The van der Waals surface area contributed by atoms with Crippen LogP contribution in [0.5, 0.6) is 0 Å². The smallest absolute Gasteiger partial charge is 0.0951 e. The van der Waals surface area contributed by atoms with Crippen LogP contribution in [-0.4, -0.2) is 37.5 Å². The first-order valence-corrected chi connectivity index (χ1v) is 7.55. The fraction of sp³-hybridized carbons (Fsp3) is 1.00. The quantitative estimate of drug-likeness (QED) is 0.820. The van der Waals surface area contributed by atoms with Crippen molar-refractivity contribution in [3.05, 3.63) is 0 Å². The number of hydrogen-bond acceptors (Lipinski definition) is 3. The molecule has 3 unspecified atom stereocenters. The molecule has 0 aromatic carbocycles. The van der Waals surface area contributed by atoms with E-state index in [0.29, 0.717) is 11.5 Å². The van der Waals surface area contributed by atoms with Crippen molar-refractivity contribution in [2.24, 2.45) is 5.41 Å². The second-order valence-corrected chi connectivity index (χ2v) is 7.29. The van der Waals surface area contributed by atoms with Gasteiger partial charge in [0.1, 0.15) is 0 Å². The van der Waals surface area contributed by atoms with Crippen LogP contribution in [0, 0.1) is 5.41 Å². The Hall–Kier alpha value is -0.120. The van der Waals surface area contributed by atoms with Crippen molar-refractivity contribution in [1.82, 2.24) is 5.32 Å². The maximum absolute atomic E-state index is 6.00. The molecule has 3 heteroatoms. The second-order valence-electron chi connectivity index (χ2n) is 7.29. The topological polar surface area (TPSA) is 30.5 Å². The maximum Gasteiger partial charge on any atom is 0.0951 e. The standard InChI is InChI=1S/C15H27NO2/c1-14(2)5-3-12(9-14)16-13-4-7-18-15(10-13)6-8-17-11-15/h12-13,16H,3-11H2,1-2H3. The van der Waals surface area contributed by atoms with E-state index in [2.05, 4.69) is 19.2 Å². The van der Waals surface area contributed by atoms with Gasteiger partial charge in [-0.25, -0.2) is 0 Å². The molecule has 1 spiro atoms. The molecule has 1 N–H and O–H groups in total. The van der Waals surface area contributed by atoms with Crippen LogP contribution in [-0.2, 0) is 9.47 Å². The molecule has 0 aromatic rings. The Balaban J connectivity index is 1.54. The first kappa shape index (κ1) is 12.9. The molecule has 0 aromatic heterocycles. The normalized spacial score (nSPS) is 43.7. The van der Waals surface area contributed by atoms with E-state index in [-0.39, 0.29) is 5.60 Å². The van der Waals surface area contributed by atoms with Crippen molar-refractivity contribution >= 4 is 0 Å². The molecule has 1 aliphatic carbocycles. The van der Waals surface area contributed by atoms with Crippen molar-refractivity contribution in [3.63, 3.8) is 0 Å². The molecular weight excluding hydrogens is 226 g/mol. The van der Waals surface area contributed by atoms with Crippen molar-refractivity contribution in [2.75, 3.05) is 19.8 Å². The zero-order valence-corrected chi connectivity index (χ0v) is 11.8. The van der Waals surface area contributed by atoms with E-state index in [1.54, 1.807) is 0 Å². The predicted octanol–water partition coefficient (Wildman–Crippen LogP) is 2.49. The van der Waals surface area contributed by atoms with Crippen LogP contribution in [0.25, 0.3) is 0 Å². The highest BCUT2D eigenvalue weighted by Gasteiger charge is 2.42. The molecule has 3 aliphatic rings. The Labute approximate surface area is 111 Å². The summed E-state index contributed by atoms with van der Waals surface area (Å²) in [6.07, 6.45) is 7.42. The molecule has 18 heavy (non-hydrogen) atoms. The number of ether oxygens (including phenoxy) is 2. The van der Waals surface area contributed by atoms with E-state index in [1.165, 1.54) is 25.7 Å². The summed E-state index contributed by atoms with van der Waals surface area (Å²) in [6, 6.07) is 1.36. The van der Waals surface area contributed by atoms with Crippen LogP contribution < -0.4 is 5.32 Å². The summed E-state index contributed by atoms with van der Waals surface area (Å²) in [6.45, 7) is 7.37. The molecule has 2 saturated heterocycles. The molecule has 2 heterocycles. The zero-order valence-electron chi connectivity index (χ0n) is 11.8. The van der Waals surface area contributed by atoms with Crippen molar-refractivity contribution < 1.29 is 9.47 Å². The summed E-state index contributed by atoms with van der Waals surface area (Å²) < 4.78 is 11.5. The summed E-state index contributed by atoms with van der Waals surface area (Å²) >= 11 is 0. The van der Waals surface area contributed by atoms with E-state index in [9.17, 15) is 0 Å². The Bertz CT molecular complexity index is 297. The van der Waals surface area contributed by atoms with E-state index < -0.39 is 0 Å². The lowest BCUT2D eigenvalue weighted by Gasteiger charge is -2.38. The third kappa shape index (κ3) is 2.73. The number of hydrogen-bond donors (Lipinski definition) is 1. The van der Waals surface area contributed by atoms with E-state index in [0.717, 1.165) is 38.7 Å². The third-order valence-corrected chi connectivity index (χ3v) is 5.00. The van der Waals surface area contributed by atoms with Gasteiger partial charge in [0.05, 0.1) is 12.2 Å². The molecule has 0 amide bonds. The zero-order chi connectivity index (χ0) is 12.6. The highest BCUT2D eigenvalue weighted by Crippen LogP contribution is 2.38. The van der Waals surface area contributed by atoms with Gasteiger partial charge in [0.25, 0.3) is 0 Å². The molecule has 1 saturated carbocycles. The first-order chi connectivity index (χ1) is 8.57. The van der Waals surface area contributed by atoms with Crippen LogP contribution >= 0.6 is 0 Å². The fourth-order valence-electron chi connectivity index (χ4n) is 3.95. The monoisotopic (exact) mass is 253 g/mol. The van der Waals surface area contributed by atoms with E-state index in [4.69, 9.17) is 9.47 Å². The van der Waals surface area contributed by atoms with Gasteiger partial charge in [-0.2, -0.15) is 0 Å². The van der Waals surface area contributed by atoms with Crippen LogP contribution in [0.4, 0.5) is 0 Å². The van der Waals surface area contributed by atoms with Gasteiger partial charge in [-0.1, -0.05) is 13.8 Å². The van der Waals surface area contributed by atoms with Gasteiger partial charge in [0.2, 0.25) is 0 Å². The van der Waals surface area contributed by atoms with Gasteiger partial charge in [-0.3, -0.25) is 0 Å². The summed E-state index contributed by atoms with van der Waals surface area (Å²) in [7, 11) is 0. The van der Waals surface area contributed by atoms with E-state index in [1.807, 2.05) is 0 Å². The molecule has 2 aliphatic heterocycles. The van der Waals surface area contributed by atoms with Crippen molar-refractivity contribution in [2.45, 2.75) is 70.1 Å². The number of rotatable bonds is 2. The minimum atomic E-state index is 0.0457. The summed E-state index contributed by atoms with van der Waals surface area (Å²) in [4.78, 5) is 0. The largest absolute Gasteiger partial charge is 0.378 e. The highest BCUT2D eigenvalue weighted by molar-refractivity contribution is 4.95. The molecule has 104 valence electrons.